The summed E-state index contributed by atoms with van der Waals surface area (Å²) in [5.41, 5.74) is 0. The minimum absolute atomic E-state index is 0.162. The van der Waals surface area contributed by atoms with Crippen LogP contribution in [0.25, 0.3) is 0 Å². The molecule has 64 valence electrons. The molecule has 11 heavy (non-hydrogen) atoms. The van der Waals surface area contributed by atoms with Gasteiger partial charge in [-0.05, 0) is 13.0 Å². The van der Waals surface area contributed by atoms with Crippen molar-refractivity contribution in [3.63, 3.8) is 0 Å². The fraction of sp³-hybridized carbons (Fsp3) is 0.571. The van der Waals surface area contributed by atoms with Crippen molar-refractivity contribution in [1.82, 2.24) is 5.32 Å². The van der Waals surface area contributed by atoms with E-state index in [9.17, 15) is 4.79 Å². The zero-order valence-electron chi connectivity index (χ0n) is 6.38. The highest BCUT2D eigenvalue weighted by Crippen LogP contribution is 2.00. The Kier molecular flexibility index (Phi) is 4.90. The molecule has 0 aromatic rings. The number of nitrogens with one attached hydrogen (secondary N) is 1. The molecule has 0 radical (unpaired) electrons. The molecule has 4 heteroatoms. The van der Waals surface area contributed by atoms with Crippen LogP contribution in [0.15, 0.2) is 12.7 Å². The number of carbonyl (C=O) groups excluding carboxylic acids is 1. The minimum Gasteiger partial charge on any atom is -0.394 e. The second-order valence-corrected chi connectivity index (χ2v) is 2.87. The van der Waals surface area contributed by atoms with Gasteiger partial charge in [-0.3, -0.25) is 4.79 Å². The number of rotatable bonds is 4. The van der Waals surface area contributed by atoms with Crippen molar-refractivity contribution in [3.8, 4) is 0 Å². The summed E-state index contributed by atoms with van der Waals surface area (Å²) >= 11 is 5.64. The first-order valence-electron chi connectivity index (χ1n) is 3.29. The summed E-state index contributed by atoms with van der Waals surface area (Å²) in [7, 11) is 0. The largest absolute Gasteiger partial charge is 0.394 e. The van der Waals surface area contributed by atoms with Gasteiger partial charge in [0.1, 0.15) is 0 Å². The third kappa shape index (κ3) is 4.01. The molecule has 0 aliphatic heterocycles. The Morgan fingerprint density at radius 1 is 1.91 bits per heavy atom. The van der Waals surface area contributed by atoms with Crippen molar-refractivity contribution in [3.05, 3.63) is 12.7 Å². The summed E-state index contributed by atoms with van der Waals surface area (Å²) in [5, 5.41) is 10.9. The molecule has 3 nitrogen and oxygen atoms in total. The highest BCUT2D eigenvalue weighted by molar-refractivity contribution is 6.21. The third-order valence-electron chi connectivity index (χ3n) is 1.26. The van der Waals surface area contributed by atoms with Gasteiger partial charge in [0.05, 0.1) is 18.0 Å². The molecule has 0 saturated heterocycles. The molecule has 2 atom stereocenters. The van der Waals surface area contributed by atoms with E-state index in [1.54, 1.807) is 6.92 Å². The highest BCUT2D eigenvalue weighted by Gasteiger charge is 2.14. The van der Waals surface area contributed by atoms with Gasteiger partial charge < -0.3 is 10.4 Å². The molecule has 1 amide bonds. The minimum atomic E-state index is -0.401. The van der Waals surface area contributed by atoms with Crippen LogP contribution in [0.1, 0.15) is 6.92 Å². The number of aliphatic hydroxyl groups excluding tert-OH is 1. The lowest BCUT2D eigenvalue weighted by Crippen LogP contribution is -2.41. The molecule has 0 aliphatic carbocycles. The quantitative estimate of drug-likeness (QED) is 0.479. The van der Waals surface area contributed by atoms with Crippen molar-refractivity contribution in [2.75, 3.05) is 6.61 Å². The first-order chi connectivity index (χ1) is 5.11. The van der Waals surface area contributed by atoms with E-state index in [0.29, 0.717) is 0 Å². The topological polar surface area (TPSA) is 49.3 Å². The van der Waals surface area contributed by atoms with Crippen LogP contribution < -0.4 is 5.32 Å². The van der Waals surface area contributed by atoms with Gasteiger partial charge in [0.25, 0.3) is 0 Å². The average molecular weight is 178 g/mol. The van der Waals surface area contributed by atoms with Gasteiger partial charge >= 0.3 is 0 Å². The van der Waals surface area contributed by atoms with Crippen LogP contribution in [0.3, 0.4) is 0 Å². The smallest absolute Gasteiger partial charge is 0.243 e. The summed E-state index contributed by atoms with van der Waals surface area (Å²) in [5.74, 6) is -0.323. The lowest BCUT2D eigenvalue weighted by atomic mass is 10.2. The maximum atomic E-state index is 10.7. The summed E-state index contributed by atoms with van der Waals surface area (Å²) < 4.78 is 0. The van der Waals surface area contributed by atoms with Crippen LogP contribution in [-0.4, -0.2) is 29.0 Å². The molecule has 0 aromatic heterocycles. The summed E-state index contributed by atoms with van der Waals surface area (Å²) in [6.07, 6.45) is 1.14. The van der Waals surface area contributed by atoms with Crippen molar-refractivity contribution >= 4 is 17.5 Å². The third-order valence-corrected chi connectivity index (χ3v) is 1.57. The molecule has 0 aliphatic rings. The predicted molar refractivity (Wildman–Crippen MR) is 44.5 cm³/mol. The first-order valence-corrected chi connectivity index (χ1v) is 3.73. The van der Waals surface area contributed by atoms with Gasteiger partial charge in [0, 0.05) is 0 Å². The Bertz CT molecular complexity index is 147. The highest BCUT2D eigenvalue weighted by atomic mass is 35.5. The van der Waals surface area contributed by atoms with Gasteiger partial charge in [-0.25, -0.2) is 0 Å². The Hall–Kier alpha value is -0.540. The zero-order valence-corrected chi connectivity index (χ0v) is 7.14. The van der Waals surface area contributed by atoms with Crippen molar-refractivity contribution in [2.45, 2.75) is 18.3 Å². The molecule has 0 rings (SSSR count). The van der Waals surface area contributed by atoms with Crippen molar-refractivity contribution < 1.29 is 9.90 Å². The molecule has 2 unspecified atom stereocenters. The van der Waals surface area contributed by atoms with Gasteiger partial charge in [-0.2, -0.15) is 0 Å². The number of hydrogen-bond acceptors (Lipinski definition) is 2. The van der Waals surface area contributed by atoms with E-state index in [1.807, 2.05) is 0 Å². The Morgan fingerprint density at radius 3 is 2.73 bits per heavy atom. The Morgan fingerprint density at radius 2 is 2.45 bits per heavy atom. The number of alkyl halides is 1. The standard InChI is InChI=1S/C7H12ClNO2/c1-3-7(11)9-6(4-10)5(2)8/h3,5-6,10H,1,4H2,2H3,(H,9,11). The maximum Gasteiger partial charge on any atom is 0.243 e. The Labute approximate surface area is 71.0 Å². The SMILES string of the molecule is C=CC(=O)NC(CO)C(C)Cl. The molecule has 0 aromatic carbocycles. The molecular formula is C7H12ClNO2. The van der Waals surface area contributed by atoms with Crippen molar-refractivity contribution in [1.29, 1.82) is 0 Å². The summed E-state index contributed by atoms with van der Waals surface area (Å²) in [6, 6.07) is -0.401. The number of amides is 1. The maximum absolute atomic E-state index is 10.7. The Balaban J connectivity index is 3.87. The van der Waals surface area contributed by atoms with E-state index in [-0.39, 0.29) is 17.9 Å². The fourth-order valence-electron chi connectivity index (χ4n) is 0.547. The van der Waals surface area contributed by atoms with Crippen LogP contribution in [0.5, 0.6) is 0 Å². The second-order valence-electron chi connectivity index (χ2n) is 2.18. The van der Waals surface area contributed by atoms with Crippen molar-refractivity contribution in [2.24, 2.45) is 0 Å². The molecule has 0 saturated carbocycles. The van der Waals surface area contributed by atoms with Gasteiger partial charge in [-0.15, -0.1) is 11.6 Å². The molecule has 0 fully saturated rings. The molecular weight excluding hydrogens is 166 g/mol. The normalized spacial score (nSPS) is 15.2. The zero-order chi connectivity index (χ0) is 8.85. The average Bonchev–Trinajstić information content (AvgIpc) is 1.99. The van der Waals surface area contributed by atoms with E-state index >= 15 is 0 Å². The summed E-state index contributed by atoms with van der Waals surface area (Å²) in [4.78, 5) is 10.7. The number of hydrogen-bond donors (Lipinski definition) is 2. The van der Waals surface area contributed by atoms with E-state index in [1.165, 1.54) is 0 Å². The van der Waals surface area contributed by atoms with Gasteiger partial charge in [0.2, 0.25) is 5.91 Å². The molecule has 2 N–H and O–H groups in total. The van der Waals surface area contributed by atoms with E-state index in [0.717, 1.165) is 6.08 Å². The van der Waals surface area contributed by atoms with E-state index in [2.05, 4.69) is 11.9 Å². The van der Waals surface area contributed by atoms with E-state index in [4.69, 9.17) is 16.7 Å². The fourth-order valence-corrected chi connectivity index (χ4v) is 0.690. The van der Waals surface area contributed by atoms with E-state index < -0.39 is 6.04 Å². The number of carbonyl (C=O) groups is 1. The van der Waals surface area contributed by atoms with Crippen LogP contribution in [0.2, 0.25) is 0 Å². The predicted octanol–water partition coefficient (Wildman–Crippen LogP) is 0.277. The van der Waals surface area contributed by atoms with Crippen LogP contribution in [0.4, 0.5) is 0 Å². The summed E-state index contributed by atoms with van der Waals surface area (Å²) in [6.45, 7) is 4.81. The van der Waals surface area contributed by atoms with Crippen LogP contribution >= 0.6 is 11.6 Å². The monoisotopic (exact) mass is 177 g/mol. The molecule has 0 heterocycles. The number of halogens is 1. The molecule has 0 spiro atoms. The van der Waals surface area contributed by atoms with Crippen LogP contribution in [0, 0.1) is 0 Å². The lowest BCUT2D eigenvalue weighted by molar-refractivity contribution is -0.117. The first kappa shape index (κ1) is 10.5. The van der Waals surface area contributed by atoms with Gasteiger partial charge in [-0.1, -0.05) is 6.58 Å². The molecule has 0 bridgehead atoms. The van der Waals surface area contributed by atoms with Gasteiger partial charge in [0.15, 0.2) is 0 Å². The van der Waals surface area contributed by atoms with Crippen LogP contribution in [-0.2, 0) is 4.79 Å². The second kappa shape index (κ2) is 5.16. The lowest BCUT2D eigenvalue weighted by Gasteiger charge is -2.16. The number of aliphatic hydroxyl groups is 1.